The fourth-order valence-electron chi connectivity index (χ4n) is 2.08. The van der Waals surface area contributed by atoms with Gasteiger partial charge in [-0.1, -0.05) is 26.0 Å². The Hall–Kier alpha value is -2.57. The van der Waals surface area contributed by atoms with Crippen molar-refractivity contribution < 1.29 is 24.2 Å². The molecule has 126 valence electrons. The average Bonchev–Trinajstić information content (AvgIpc) is 2.48. The molecular weight excluding hydrogens is 300 g/mol. The molecule has 0 spiro atoms. The fraction of sp³-hybridized carbons (Fsp3) is 0.438. The zero-order chi connectivity index (χ0) is 17.4. The SMILES string of the molecule is CC(C)CC(CNC(=O)c1ccccc1OCC(N)=O)C(=O)O. The van der Waals surface area contributed by atoms with E-state index in [4.69, 9.17) is 10.5 Å². The molecule has 1 rings (SSSR count). The van der Waals surface area contributed by atoms with Gasteiger partial charge in [-0.3, -0.25) is 14.4 Å². The van der Waals surface area contributed by atoms with Crippen LogP contribution >= 0.6 is 0 Å². The molecule has 0 aliphatic heterocycles. The molecule has 0 aromatic heterocycles. The summed E-state index contributed by atoms with van der Waals surface area (Å²) in [6, 6.07) is 6.38. The highest BCUT2D eigenvalue weighted by molar-refractivity contribution is 5.97. The first kappa shape index (κ1) is 18.5. The number of hydrogen-bond acceptors (Lipinski definition) is 4. The van der Waals surface area contributed by atoms with Gasteiger partial charge in [0.25, 0.3) is 11.8 Å². The van der Waals surface area contributed by atoms with Gasteiger partial charge in [-0.15, -0.1) is 0 Å². The van der Waals surface area contributed by atoms with Crippen molar-refractivity contribution in [2.45, 2.75) is 20.3 Å². The summed E-state index contributed by atoms with van der Waals surface area (Å²) < 4.78 is 5.19. The number of ether oxygens (including phenoxy) is 1. The van der Waals surface area contributed by atoms with E-state index in [2.05, 4.69) is 5.32 Å². The third-order valence-electron chi connectivity index (χ3n) is 3.12. The third-order valence-corrected chi connectivity index (χ3v) is 3.12. The molecule has 0 aliphatic rings. The van der Waals surface area contributed by atoms with Crippen LogP contribution in [-0.4, -0.2) is 36.0 Å². The zero-order valence-electron chi connectivity index (χ0n) is 13.2. The van der Waals surface area contributed by atoms with E-state index in [0.717, 1.165) is 0 Å². The van der Waals surface area contributed by atoms with Crippen molar-refractivity contribution in [1.29, 1.82) is 0 Å². The van der Waals surface area contributed by atoms with Crippen LogP contribution in [0.5, 0.6) is 5.75 Å². The zero-order valence-corrected chi connectivity index (χ0v) is 13.2. The molecule has 4 N–H and O–H groups in total. The van der Waals surface area contributed by atoms with E-state index in [-0.39, 0.29) is 30.4 Å². The van der Waals surface area contributed by atoms with Crippen molar-refractivity contribution in [1.82, 2.24) is 5.32 Å². The summed E-state index contributed by atoms with van der Waals surface area (Å²) >= 11 is 0. The number of nitrogens with two attached hydrogens (primary N) is 1. The fourth-order valence-corrected chi connectivity index (χ4v) is 2.08. The lowest BCUT2D eigenvalue weighted by Crippen LogP contribution is -2.34. The number of carbonyl (C=O) groups excluding carboxylic acids is 2. The van der Waals surface area contributed by atoms with Crippen LogP contribution in [0.3, 0.4) is 0 Å². The predicted molar refractivity (Wildman–Crippen MR) is 84.0 cm³/mol. The summed E-state index contributed by atoms with van der Waals surface area (Å²) in [6.45, 7) is 3.53. The largest absolute Gasteiger partial charge is 0.483 e. The van der Waals surface area contributed by atoms with Crippen LogP contribution in [0.25, 0.3) is 0 Å². The molecule has 1 atom stereocenters. The molecule has 7 nitrogen and oxygen atoms in total. The summed E-state index contributed by atoms with van der Waals surface area (Å²) in [4.78, 5) is 34.2. The predicted octanol–water partition coefficient (Wildman–Crippen LogP) is 1.03. The molecule has 1 unspecified atom stereocenters. The first-order valence-corrected chi connectivity index (χ1v) is 7.32. The number of carboxylic acids is 1. The molecule has 23 heavy (non-hydrogen) atoms. The molecule has 7 heteroatoms. The number of rotatable bonds is 9. The van der Waals surface area contributed by atoms with Crippen molar-refractivity contribution in [2.75, 3.05) is 13.2 Å². The van der Waals surface area contributed by atoms with E-state index in [9.17, 15) is 19.5 Å². The van der Waals surface area contributed by atoms with Gasteiger partial charge in [0.15, 0.2) is 6.61 Å². The molecule has 0 saturated heterocycles. The van der Waals surface area contributed by atoms with Crippen molar-refractivity contribution in [3.63, 3.8) is 0 Å². The average molecular weight is 322 g/mol. The Morgan fingerprint density at radius 3 is 2.48 bits per heavy atom. The molecule has 1 aromatic rings. The molecule has 0 aliphatic carbocycles. The maximum Gasteiger partial charge on any atom is 0.308 e. The van der Waals surface area contributed by atoms with Gasteiger partial charge in [-0.2, -0.15) is 0 Å². The van der Waals surface area contributed by atoms with Crippen LogP contribution in [0.2, 0.25) is 0 Å². The van der Waals surface area contributed by atoms with Gasteiger partial charge in [-0.05, 0) is 24.5 Å². The Morgan fingerprint density at radius 2 is 1.91 bits per heavy atom. The Labute approximate surface area is 134 Å². The first-order chi connectivity index (χ1) is 10.8. The highest BCUT2D eigenvalue weighted by atomic mass is 16.5. The van der Waals surface area contributed by atoms with Gasteiger partial charge in [0.1, 0.15) is 5.75 Å². The minimum absolute atomic E-state index is 0.0243. The van der Waals surface area contributed by atoms with Gasteiger partial charge in [-0.25, -0.2) is 0 Å². The standard InChI is InChI=1S/C16H22N2O5/c1-10(2)7-11(16(21)22)8-18-15(20)12-5-3-4-6-13(12)23-9-14(17)19/h3-6,10-11H,7-9H2,1-2H3,(H2,17,19)(H,18,20)(H,21,22). The first-order valence-electron chi connectivity index (χ1n) is 7.32. The Bertz CT molecular complexity index is 571. The van der Waals surface area contributed by atoms with E-state index in [0.29, 0.717) is 6.42 Å². The van der Waals surface area contributed by atoms with Crippen LogP contribution in [0.4, 0.5) is 0 Å². The van der Waals surface area contributed by atoms with Gasteiger partial charge in [0.2, 0.25) is 0 Å². The van der Waals surface area contributed by atoms with E-state index in [1.807, 2.05) is 13.8 Å². The minimum atomic E-state index is -0.947. The van der Waals surface area contributed by atoms with Gasteiger partial charge < -0.3 is 20.9 Å². The summed E-state index contributed by atoms with van der Waals surface area (Å²) in [5.74, 6) is -2.28. The van der Waals surface area contributed by atoms with Gasteiger partial charge >= 0.3 is 5.97 Å². The summed E-state index contributed by atoms with van der Waals surface area (Å²) in [7, 11) is 0. The van der Waals surface area contributed by atoms with Crippen LogP contribution < -0.4 is 15.8 Å². The lowest BCUT2D eigenvalue weighted by Gasteiger charge is -2.16. The van der Waals surface area contributed by atoms with Gasteiger partial charge in [0, 0.05) is 6.54 Å². The number of hydrogen-bond donors (Lipinski definition) is 3. The summed E-state index contributed by atoms with van der Waals surface area (Å²) in [5.41, 5.74) is 5.24. The molecule has 0 fully saturated rings. The van der Waals surface area contributed by atoms with Crippen LogP contribution in [0.15, 0.2) is 24.3 Å². The number of para-hydroxylation sites is 1. The van der Waals surface area contributed by atoms with Crippen molar-refractivity contribution in [3.8, 4) is 5.75 Å². The van der Waals surface area contributed by atoms with E-state index in [1.54, 1.807) is 18.2 Å². The number of primary amides is 1. The molecule has 0 saturated carbocycles. The Morgan fingerprint density at radius 1 is 1.26 bits per heavy atom. The number of carbonyl (C=O) groups is 3. The highest BCUT2D eigenvalue weighted by Gasteiger charge is 2.21. The number of benzene rings is 1. The third kappa shape index (κ3) is 6.37. The minimum Gasteiger partial charge on any atom is -0.483 e. The molecular formula is C16H22N2O5. The molecule has 0 heterocycles. The van der Waals surface area contributed by atoms with E-state index in [1.165, 1.54) is 6.07 Å². The van der Waals surface area contributed by atoms with Crippen molar-refractivity contribution in [2.24, 2.45) is 17.6 Å². The topological polar surface area (TPSA) is 119 Å². The maximum atomic E-state index is 12.2. The van der Waals surface area contributed by atoms with Crippen LogP contribution in [-0.2, 0) is 9.59 Å². The molecule has 0 radical (unpaired) electrons. The summed E-state index contributed by atoms with van der Waals surface area (Å²) in [6.07, 6.45) is 0.468. The smallest absolute Gasteiger partial charge is 0.308 e. The number of amides is 2. The Kier molecular flexibility index (Phi) is 7.05. The second kappa shape index (κ2) is 8.77. The number of nitrogens with one attached hydrogen (secondary N) is 1. The quantitative estimate of drug-likeness (QED) is 0.627. The maximum absolute atomic E-state index is 12.2. The highest BCUT2D eigenvalue weighted by Crippen LogP contribution is 2.18. The lowest BCUT2D eigenvalue weighted by atomic mass is 9.97. The van der Waals surface area contributed by atoms with E-state index < -0.39 is 23.7 Å². The van der Waals surface area contributed by atoms with Crippen LogP contribution in [0, 0.1) is 11.8 Å². The summed E-state index contributed by atoms with van der Waals surface area (Å²) in [5, 5.41) is 11.8. The monoisotopic (exact) mass is 322 g/mol. The number of aliphatic carboxylic acids is 1. The number of carboxylic acid groups (broad SMARTS) is 1. The van der Waals surface area contributed by atoms with Crippen molar-refractivity contribution >= 4 is 17.8 Å². The van der Waals surface area contributed by atoms with E-state index >= 15 is 0 Å². The van der Waals surface area contributed by atoms with Crippen molar-refractivity contribution in [3.05, 3.63) is 29.8 Å². The molecule has 1 aromatic carbocycles. The lowest BCUT2D eigenvalue weighted by molar-refractivity contribution is -0.142. The molecule has 2 amide bonds. The second-order valence-corrected chi connectivity index (χ2v) is 5.63. The van der Waals surface area contributed by atoms with Crippen LogP contribution in [0.1, 0.15) is 30.6 Å². The normalized spacial score (nSPS) is 11.8. The second-order valence-electron chi connectivity index (χ2n) is 5.63. The van der Waals surface area contributed by atoms with Gasteiger partial charge in [0.05, 0.1) is 11.5 Å². The Balaban J connectivity index is 2.73. The molecule has 0 bridgehead atoms.